The van der Waals surface area contributed by atoms with E-state index in [1.54, 1.807) is 0 Å². The van der Waals surface area contributed by atoms with Crippen molar-refractivity contribution in [2.45, 2.75) is 31.6 Å². The largest absolute Gasteiger partial charge is 0.192 e. The Balaban J connectivity index is 2.40. The molecule has 1 atom stereocenters. The molecule has 0 N–H and O–H groups in total. The van der Waals surface area contributed by atoms with E-state index >= 15 is 0 Å². The van der Waals surface area contributed by atoms with Gasteiger partial charge in [-0.1, -0.05) is 19.1 Å². The smallest absolute Gasteiger partial charge is 0.0994 e. The van der Waals surface area contributed by atoms with Gasteiger partial charge < -0.3 is 0 Å². The summed E-state index contributed by atoms with van der Waals surface area (Å²) in [7, 11) is 0. The first-order valence-electron chi connectivity index (χ1n) is 5.09. The average molecular weight is 184 g/mol. The molecule has 0 spiro atoms. The minimum absolute atomic E-state index is 0.260. The Hall–Kier alpha value is -1.29. The van der Waals surface area contributed by atoms with Crippen molar-refractivity contribution in [3.63, 3.8) is 0 Å². The van der Waals surface area contributed by atoms with Crippen molar-refractivity contribution in [3.8, 4) is 6.07 Å². The number of hydrogen-bond donors (Lipinski definition) is 0. The molecule has 14 heavy (non-hydrogen) atoms. The van der Waals surface area contributed by atoms with E-state index in [1.165, 1.54) is 18.4 Å². The Morgan fingerprint density at radius 2 is 2.21 bits per heavy atom. The van der Waals surface area contributed by atoms with E-state index in [9.17, 15) is 0 Å². The molecule has 1 saturated carbocycles. The highest BCUT2D eigenvalue weighted by atomic mass is 14.3. The monoisotopic (exact) mass is 184 g/mol. The summed E-state index contributed by atoms with van der Waals surface area (Å²) in [6, 6.07) is 8.48. The summed E-state index contributed by atoms with van der Waals surface area (Å²) in [5.74, 6) is 0.911. The van der Waals surface area contributed by atoms with Gasteiger partial charge in [-0.2, -0.15) is 5.26 Å². The van der Waals surface area contributed by atoms with Gasteiger partial charge in [0.15, 0.2) is 0 Å². The molecule has 1 aromatic rings. The van der Waals surface area contributed by atoms with Crippen molar-refractivity contribution in [2.24, 2.45) is 0 Å². The number of hydrogen-bond acceptors (Lipinski definition) is 1. The quantitative estimate of drug-likeness (QED) is 0.691. The van der Waals surface area contributed by atoms with Gasteiger partial charge in [-0.3, -0.25) is 0 Å². The lowest BCUT2D eigenvalue weighted by Crippen LogP contribution is -1.93. The zero-order valence-corrected chi connectivity index (χ0v) is 8.46. The van der Waals surface area contributed by atoms with Crippen LogP contribution in [-0.4, -0.2) is 0 Å². The fraction of sp³-hybridized carbons (Fsp3) is 0.385. The molecule has 1 aliphatic carbocycles. The lowest BCUT2D eigenvalue weighted by atomic mass is 9.96. The second-order valence-corrected chi connectivity index (χ2v) is 4.13. The highest BCUT2D eigenvalue weighted by Gasteiger charge is 2.26. The zero-order chi connectivity index (χ0) is 10.1. The van der Waals surface area contributed by atoms with Crippen molar-refractivity contribution in [1.82, 2.24) is 0 Å². The lowest BCUT2D eigenvalue weighted by Gasteiger charge is -2.08. The minimum Gasteiger partial charge on any atom is -0.192 e. The van der Waals surface area contributed by atoms with Gasteiger partial charge in [-0.15, -0.1) is 0 Å². The lowest BCUT2D eigenvalue weighted by molar-refractivity contribution is 0.957. The second-order valence-electron chi connectivity index (χ2n) is 4.13. The van der Waals surface area contributed by atoms with Gasteiger partial charge in [-0.25, -0.2) is 0 Å². The average Bonchev–Trinajstić information content (AvgIpc) is 3.00. The van der Waals surface area contributed by atoms with Crippen molar-refractivity contribution in [2.75, 3.05) is 0 Å². The molecule has 0 amide bonds. The highest BCUT2D eigenvalue weighted by Crippen LogP contribution is 2.41. The van der Waals surface area contributed by atoms with Gasteiger partial charge in [0.05, 0.1) is 11.6 Å². The highest BCUT2D eigenvalue weighted by molar-refractivity contribution is 5.45. The maximum absolute atomic E-state index is 9.03. The third-order valence-corrected chi connectivity index (χ3v) is 2.78. The Morgan fingerprint density at radius 1 is 1.50 bits per heavy atom. The first-order valence-corrected chi connectivity index (χ1v) is 5.09. The van der Waals surface area contributed by atoms with Crippen LogP contribution in [0.25, 0.3) is 0 Å². The molecular formula is C13H14N. The van der Waals surface area contributed by atoms with Crippen molar-refractivity contribution in [3.05, 3.63) is 41.8 Å². The maximum Gasteiger partial charge on any atom is 0.0994 e. The van der Waals surface area contributed by atoms with E-state index in [4.69, 9.17) is 5.26 Å². The Labute approximate surface area is 85.4 Å². The first kappa shape index (κ1) is 9.27. The summed E-state index contributed by atoms with van der Waals surface area (Å²) in [6.45, 7) is 6.01. The SMILES string of the molecule is [CH2]C(C)c1ccc(C2CC2)c(C#N)c1. The summed E-state index contributed by atoms with van der Waals surface area (Å²) in [4.78, 5) is 0. The van der Waals surface area contributed by atoms with Crippen molar-refractivity contribution >= 4 is 0 Å². The molecule has 1 nitrogen and oxygen atoms in total. The van der Waals surface area contributed by atoms with Crippen LogP contribution in [0.4, 0.5) is 0 Å². The van der Waals surface area contributed by atoms with Crippen LogP contribution in [0, 0.1) is 18.3 Å². The molecule has 2 rings (SSSR count). The molecule has 0 aromatic heterocycles. The minimum atomic E-state index is 0.260. The van der Waals surface area contributed by atoms with E-state index < -0.39 is 0 Å². The van der Waals surface area contributed by atoms with Crippen LogP contribution >= 0.6 is 0 Å². The van der Waals surface area contributed by atoms with E-state index in [2.05, 4.69) is 25.1 Å². The van der Waals surface area contributed by atoms with Gasteiger partial charge in [-0.05, 0) is 48.8 Å². The molecule has 0 aliphatic heterocycles. The summed E-state index contributed by atoms with van der Waals surface area (Å²) in [5, 5.41) is 9.03. The van der Waals surface area contributed by atoms with E-state index in [0.717, 1.165) is 11.1 Å². The molecule has 1 heteroatoms. The van der Waals surface area contributed by atoms with Crippen LogP contribution < -0.4 is 0 Å². The van der Waals surface area contributed by atoms with Crippen LogP contribution in [0.15, 0.2) is 18.2 Å². The van der Waals surface area contributed by atoms with E-state index in [0.29, 0.717) is 5.92 Å². The number of nitriles is 1. The van der Waals surface area contributed by atoms with Gasteiger partial charge in [0.1, 0.15) is 0 Å². The molecule has 0 saturated heterocycles. The van der Waals surface area contributed by atoms with Gasteiger partial charge >= 0.3 is 0 Å². The topological polar surface area (TPSA) is 23.8 Å². The molecule has 71 valence electrons. The molecule has 1 radical (unpaired) electrons. The molecule has 1 fully saturated rings. The first-order chi connectivity index (χ1) is 6.72. The Bertz CT molecular complexity index is 381. The molecule has 0 heterocycles. The summed E-state index contributed by atoms with van der Waals surface area (Å²) >= 11 is 0. The summed E-state index contributed by atoms with van der Waals surface area (Å²) < 4.78 is 0. The maximum atomic E-state index is 9.03. The standard InChI is InChI=1S/C13H14N/c1-9(2)11-5-6-13(10-3-4-10)12(7-11)8-14/h5-7,9-10H,1,3-4H2,2H3. The Morgan fingerprint density at radius 3 is 2.71 bits per heavy atom. The fourth-order valence-corrected chi connectivity index (χ4v) is 1.73. The summed E-state index contributed by atoms with van der Waals surface area (Å²) in [5.41, 5.74) is 3.24. The number of nitrogens with zero attached hydrogens (tertiary/aromatic N) is 1. The van der Waals surface area contributed by atoms with Gasteiger partial charge in [0.25, 0.3) is 0 Å². The van der Waals surface area contributed by atoms with Crippen LogP contribution in [0.5, 0.6) is 0 Å². The van der Waals surface area contributed by atoms with Gasteiger partial charge in [0.2, 0.25) is 0 Å². The Kier molecular flexibility index (Phi) is 2.29. The van der Waals surface area contributed by atoms with Crippen molar-refractivity contribution < 1.29 is 0 Å². The molecule has 1 aliphatic rings. The third-order valence-electron chi connectivity index (χ3n) is 2.78. The summed E-state index contributed by atoms with van der Waals surface area (Å²) in [6.07, 6.45) is 2.49. The molecule has 0 bridgehead atoms. The number of rotatable bonds is 2. The van der Waals surface area contributed by atoms with Crippen LogP contribution in [-0.2, 0) is 0 Å². The van der Waals surface area contributed by atoms with Crippen LogP contribution in [0.1, 0.15) is 48.3 Å². The van der Waals surface area contributed by atoms with E-state index in [-0.39, 0.29) is 5.92 Å². The van der Waals surface area contributed by atoms with Crippen molar-refractivity contribution in [1.29, 1.82) is 5.26 Å². The van der Waals surface area contributed by atoms with Gasteiger partial charge in [0, 0.05) is 0 Å². The molecule has 1 unspecified atom stereocenters. The normalized spacial score (nSPS) is 15.6. The van der Waals surface area contributed by atoms with E-state index in [1.807, 2.05) is 13.0 Å². The van der Waals surface area contributed by atoms with Crippen LogP contribution in [0.3, 0.4) is 0 Å². The predicted octanol–water partition coefficient (Wildman–Crippen LogP) is 3.37. The van der Waals surface area contributed by atoms with Crippen LogP contribution in [0.2, 0.25) is 0 Å². The molecular weight excluding hydrogens is 170 g/mol. The number of benzene rings is 1. The fourth-order valence-electron chi connectivity index (χ4n) is 1.73. The zero-order valence-electron chi connectivity index (χ0n) is 8.46. The predicted molar refractivity (Wildman–Crippen MR) is 56.9 cm³/mol. The third kappa shape index (κ3) is 1.65. The molecule has 1 aromatic carbocycles. The second kappa shape index (κ2) is 3.46.